The summed E-state index contributed by atoms with van der Waals surface area (Å²) in [5, 5.41) is 21.4. The number of hydrogen-bond donors (Lipinski definition) is 3. The minimum absolute atomic E-state index is 0.0643. The minimum Gasteiger partial charge on any atom is -0.462 e. The normalized spacial score (nSPS) is 18.8. The molecule has 1 aromatic heterocycles. The summed E-state index contributed by atoms with van der Waals surface area (Å²) in [6.45, 7) is 0.728. The molecule has 0 bridgehead atoms. The molecule has 15 heavy (non-hydrogen) atoms. The predicted molar refractivity (Wildman–Crippen MR) is 55.1 cm³/mol. The van der Waals surface area contributed by atoms with Crippen LogP contribution in [-0.2, 0) is 13.2 Å². The van der Waals surface area contributed by atoms with Gasteiger partial charge in [0.2, 0.25) is 0 Å². The maximum absolute atomic E-state index is 9.23. The van der Waals surface area contributed by atoms with E-state index < -0.39 is 0 Å². The Morgan fingerprint density at radius 2 is 2.00 bits per heavy atom. The van der Waals surface area contributed by atoms with Crippen molar-refractivity contribution in [1.82, 2.24) is 5.32 Å². The van der Waals surface area contributed by atoms with Crippen molar-refractivity contribution in [2.75, 3.05) is 6.61 Å². The van der Waals surface area contributed by atoms with E-state index in [1.807, 2.05) is 6.07 Å². The first-order valence-corrected chi connectivity index (χ1v) is 5.32. The van der Waals surface area contributed by atoms with Crippen molar-refractivity contribution in [3.63, 3.8) is 0 Å². The van der Waals surface area contributed by atoms with Gasteiger partial charge >= 0.3 is 0 Å². The fourth-order valence-electron chi connectivity index (χ4n) is 1.87. The van der Waals surface area contributed by atoms with Gasteiger partial charge in [0.25, 0.3) is 0 Å². The second-order valence-electron chi connectivity index (χ2n) is 4.17. The van der Waals surface area contributed by atoms with E-state index in [9.17, 15) is 5.11 Å². The first kappa shape index (κ1) is 10.7. The molecule has 2 rings (SSSR count). The number of furan rings is 1. The van der Waals surface area contributed by atoms with Crippen molar-refractivity contribution >= 4 is 0 Å². The maximum atomic E-state index is 9.23. The standard InChI is InChI=1S/C11H17NO3/c13-7-10-3-2-9(15-10)6-12-11(8-14)4-1-5-11/h2-3,12-14H,1,4-8H2. The van der Waals surface area contributed by atoms with Crippen LogP contribution in [0.25, 0.3) is 0 Å². The van der Waals surface area contributed by atoms with Crippen LogP contribution >= 0.6 is 0 Å². The van der Waals surface area contributed by atoms with E-state index in [4.69, 9.17) is 9.52 Å². The van der Waals surface area contributed by atoms with E-state index in [0.717, 1.165) is 18.6 Å². The molecule has 84 valence electrons. The van der Waals surface area contributed by atoms with Crippen LogP contribution in [0.2, 0.25) is 0 Å². The highest BCUT2D eigenvalue weighted by molar-refractivity contribution is 5.07. The molecule has 0 aliphatic heterocycles. The lowest BCUT2D eigenvalue weighted by atomic mass is 9.77. The molecule has 0 saturated heterocycles. The van der Waals surface area contributed by atoms with E-state index in [-0.39, 0.29) is 18.8 Å². The Bertz CT molecular complexity index is 312. The maximum Gasteiger partial charge on any atom is 0.129 e. The number of aliphatic hydroxyl groups excluding tert-OH is 2. The second kappa shape index (κ2) is 4.35. The van der Waals surface area contributed by atoms with Crippen LogP contribution in [0.3, 0.4) is 0 Å². The van der Waals surface area contributed by atoms with Crippen LogP contribution in [0.15, 0.2) is 16.5 Å². The topological polar surface area (TPSA) is 65.6 Å². The van der Waals surface area contributed by atoms with Crippen molar-refractivity contribution in [2.45, 2.75) is 38.0 Å². The Morgan fingerprint density at radius 1 is 1.27 bits per heavy atom. The summed E-state index contributed by atoms with van der Waals surface area (Å²) in [5.74, 6) is 1.39. The zero-order valence-corrected chi connectivity index (χ0v) is 8.70. The Balaban J connectivity index is 1.86. The smallest absolute Gasteiger partial charge is 0.129 e. The fraction of sp³-hybridized carbons (Fsp3) is 0.636. The highest BCUT2D eigenvalue weighted by Crippen LogP contribution is 2.31. The van der Waals surface area contributed by atoms with Gasteiger partial charge in [0.15, 0.2) is 0 Å². The summed E-state index contributed by atoms with van der Waals surface area (Å²) < 4.78 is 5.35. The molecule has 3 N–H and O–H groups in total. The molecule has 0 amide bonds. The summed E-state index contributed by atoms with van der Waals surface area (Å²) in [5.41, 5.74) is -0.0911. The number of hydrogen-bond acceptors (Lipinski definition) is 4. The third-order valence-electron chi connectivity index (χ3n) is 3.12. The molecule has 1 saturated carbocycles. The molecule has 1 heterocycles. The lowest BCUT2D eigenvalue weighted by molar-refractivity contribution is 0.0849. The van der Waals surface area contributed by atoms with Crippen molar-refractivity contribution < 1.29 is 14.6 Å². The molecule has 1 aromatic rings. The van der Waals surface area contributed by atoms with E-state index in [2.05, 4.69) is 5.32 Å². The molecule has 1 aliphatic rings. The minimum atomic E-state index is -0.0911. The Labute approximate surface area is 88.9 Å². The highest BCUT2D eigenvalue weighted by atomic mass is 16.4. The average Bonchev–Trinajstić information content (AvgIpc) is 2.65. The van der Waals surface area contributed by atoms with Crippen molar-refractivity contribution in [2.24, 2.45) is 0 Å². The molecular formula is C11H17NO3. The van der Waals surface area contributed by atoms with Gasteiger partial charge in [-0.3, -0.25) is 0 Å². The van der Waals surface area contributed by atoms with E-state index in [1.165, 1.54) is 6.42 Å². The molecule has 0 atom stereocenters. The highest BCUT2D eigenvalue weighted by Gasteiger charge is 2.35. The molecule has 0 aromatic carbocycles. The van der Waals surface area contributed by atoms with Crippen LogP contribution in [0, 0.1) is 0 Å². The summed E-state index contributed by atoms with van der Waals surface area (Å²) in [4.78, 5) is 0. The van der Waals surface area contributed by atoms with Crippen LogP contribution in [-0.4, -0.2) is 22.4 Å². The van der Waals surface area contributed by atoms with Crippen LogP contribution in [0.1, 0.15) is 30.8 Å². The van der Waals surface area contributed by atoms with Crippen molar-refractivity contribution in [3.8, 4) is 0 Å². The molecule has 0 spiro atoms. The van der Waals surface area contributed by atoms with Gasteiger partial charge in [0.05, 0.1) is 13.2 Å². The zero-order valence-electron chi connectivity index (χ0n) is 8.70. The van der Waals surface area contributed by atoms with Gasteiger partial charge in [0.1, 0.15) is 18.1 Å². The predicted octanol–water partition coefficient (Wildman–Crippen LogP) is 0.776. The summed E-state index contributed by atoms with van der Waals surface area (Å²) in [6.07, 6.45) is 3.22. The van der Waals surface area contributed by atoms with E-state index in [0.29, 0.717) is 12.3 Å². The molecule has 1 aliphatic carbocycles. The Hall–Kier alpha value is -0.840. The van der Waals surface area contributed by atoms with Gasteiger partial charge in [-0.15, -0.1) is 0 Å². The van der Waals surface area contributed by atoms with Crippen LogP contribution < -0.4 is 5.32 Å². The van der Waals surface area contributed by atoms with Crippen LogP contribution in [0.5, 0.6) is 0 Å². The third kappa shape index (κ3) is 2.22. The van der Waals surface area contributed by atoms with Gasteiger partial charge in [-0.2, -0.15) is 0 Å². The van der Waals surface area contributed by atoms with Gasteiger partial charge in [-0.05, 0) is 31.4 Å². The zero-order chi connectivity index (χ0) is 10.7. The molecule has 0 radical (unpaired) electrons. The first-order valence-electron chi connectivity index (χ1n) is 5.32. The lowest BCUT2D eigenvalue weighted by Crippen LogP contribution is -2.53. The van der Waals surface area contributed by atoms with Gasteiger partial charge in [-0.25, -0.2) is 0 Å². The van der Waals surface area contributed by atoms with Crippen molar-refractivity contribution in [3.05, 3.63) is 23.7 Å². The van der Waals surface area contributed by atoms with E-state index >= 15 is 0 Å². The summed E-state index contributed by atoms with van der Waals surface area (Å²) in [7, 11) is 0. The van der Waals surface area contributed by atoms with Crippen LogP contribution in [0.4, 0.5) is 0 Å². The Kier molecular flexibility index (Phi) is 3.09. The molecular weight excluding hydrogens is 194 g/mol. The lowest BCUT2D eigenvalue weighted by Gasteiger charge is -2.41. The molecule has 4 heteroatoms. The second-order valence-corrected chi connectivity index (χ2v) is 4.17. The molecule has 4 nitrogen and oxygen atoms in total. The SMILES string of the molecule is OCc1ccc(CNC2(CO)CCC2)o1. The molecule has 0 unspecified atom stereocenters. The first-order chi connectivity index (χ1) is 7.28. The molecule has 1 fully saturated rings. The summed E-state index contributed by atoms with van der Waals surface area (Å²) in [6, 6.07) is 3.62. The largest absolute Gasteiger partial charge is 0.462 e. The van der Waals surface area contributed by atoms with E-state index in [1.54, 1.807) is 6.07 Å². The number of nitrogens with one attached hydrogen (secondary N) is 1. The van der Waals surface area contributed by atoms with Gasteiger partial charge in [-0.1, -0.05) is 0 Å². The average molecular weight is 211 g/mol. The third-order valence-corrected chi connectivity index (χ3v) is 3.12. The Morgan fingerprint density at radius 3 is 2.47 bits per heavy atom. The fourth-order valence-corrected chi connectivity index (χ4v) is 1.87. The number of rotatable bonds is 5. The van der Waals surface area contributed by atoms with Gasteiger partial charge < -0.3 is 19.9 Å². The van der Waals surface area contributed by atoms with Crippen molar-refractivity contribution in [1.29, 1.82) is 0 Å². The summed E-state index contributed by atoms with van der Waals surface area (Å²) >= 11 is 0. The number of aliphatic hydroxyl groups is 2. The quantitative estimate of drug-likeness (QED) is 0.673. The van der Waals surface area contributed by atoms with Gasteiger partial charge in [0, 0.05) is 5.54 Å². The monoisotopic (exact) mass is 211 g/mol.